The highest BCUT2D eigenvalue weighted by atomic mass is 32.1. The molecule has 0 fully saturated rings. The van der Waals surface area contributed by atoms with Crippen LogP contribution in [0.5, 0.6) is 0 Å². The second kappa shape index (κ2) is 4.02. The number of rotatable bonds is 2. The maximum absolute atomic E-state index is 11.2. The predicted molar refractivity (Wildman–Crippen MR) is 54.6 cm³/mol. The number of thiazole rings is 1. The number of hydrogen-bond donors (Lipinski definition) is 0. The molecule has 1 aromatic rings. The quantitative estimate of drug-likeness (QED) is 0.563. The third-order valence-electron chi connectivity index (χ3n) is 1.84. The van der Waals surface area contributed by atoms with Gasteiger partial charge in [-0.05, 0) is 26.1 Å². The molecule has 5 heteroatoms. The van der Waals surface area contributed by atoms with Crippen molar-refractivity contribution in [1.29, 1.82) is 0 Å². The normalized spacial score (nSPS) is 12.5. The topological polar surface area (TPSA) is 31.2 Å². The summed E-state index contributed by atoms with van der Waals surface area (Å²) in [6, 6.07) is -0.330. The maximum atomic E-state index is 11.2. The first kappa shape index (κ1) is 10.4. The predicted octanol–water partition coefficient (Wildman–Crippen LogP) is 2.32. The van der Waals surface area contributed by atoms with Crippen molar-refractivity contribution in [2.75, 3.05) is 7.11 Å². The van der Waals surface area contributed by atoms with E-state index in [0.717, 1.165) is 5.69 Å². The molecule has 0 saturated carbocycles. The number of ether oxygens (including phenoxy) is 1. The summed E-state index contributed by atoms with van der Waals surface area (Å²) in [5.74, 6) is -0.266. The Labute approximate surface area is 86.0 Å². The van der Waals surface area contributed by atoms with Crippen LogP contribution < -0.4 is 0 Å². The van der Waals surface area contributed by atoms with Crippen molar-refractivity contribution in [2.24, 2.45) is 0 Å². The number of carbonyl (C=O) groups is 1. The minimum absolute atomic E-state index is 0.266. The first-order valence-electron chi connectivity index (χ1n) is 3.82. The van der Waals surface area contributed by atoms with Crippen LogP contribution in [-0.2, 0) is 9.53 Å². The standard InChI is InChI=1S/C8H11NO2S2/c1-5-4-13-8(12)9(5)6(2)7(10)11-3/h4,6H,1-3H3/t6-/m1/s1. The SMILES string of the molecule is COC(=O)[C@@H](C)n1c(C)csc1=S. The van der Waals surface area contributed by atoms with Gasteiger partial charge < -0.3 is 9.30 Å². The van der Waals surface area contributed by atoms with E-state index in [1.165, 1.54) is 18.4 Å². The third kappa shape index (κ3) is 1.97. The van der Waals surface area contributed by atoms with E-state index in [9.17, 15) is 4.79 Å². The molecule has 0 unspecified atom stereocenters. The molecule has 0 spiro atoms. The molecule has 0 bridgehead atoms. The molecule has 1 rings (SSSR count). The molecular formula is C8H11NO2S2. The van der Waals surface area contributed by atoms with Gasteiger partial charge in [-0.15, -0.1) is 11.3 Å². The Morgan fingerprint density at radius 2 is 2.38 bits per heavy atom. The van der Waals surface area contributed by atoms with Gasteiger partial charge in [-0.1, -0.05) is 0 Å². The fourth-order valence-electron chi connectivity index (χ4n) is 1.13. The van der Waals surface area contributed by atoms with E-state index in [1.807, 2.05) is 12.3 Å². The number of aromatic nitrogens is 1. The summed E-state index contributed by atoms with van der Waals surface area (Å²) in [5, 5.41) is 1.93. The van der Waals surface area contributed by atoms with Crippen molar-refractivity contribution in [1.82, 2.24) is 4.57 Å². The van der Waals surface area contributed by atoms with Gasteiger partial charge in [0.2, 0.25) is 0 Å². The van der Waals surface area contributed by atoms with Gasteiger partial charge in [-0.2, -0.15) is 0 Å². The average molecular weight is 217 g/mol. The molecule has 72 valence electrons. The van der Waals surface area contributed by atoms with Gasteiger partial charge in [-0.3, -0.25) is 0 Å². The molecule has 0 aliphatic heterocycles. The third-order valence-corrected chi connectivity index (χ3v) is 3.18. The second-order valence-electron chi connectivity index (χ2n) is 2.71. The minimum Gasteiger partial charge on any atom is -0.467 e. The lowest BCUT2D eigenvalue weighted by atomic mass is 10.3. The average Bonchev–Trinajstić information content (AvgIpc) is 2.44. The van der Waals surface area contributed by atoms with E-state index in [0.29, 0.717) is 3.95 Å². The zero-order valence-electron chi connectivity index (χ0n) is 7.73. The highest BCUT2D eigenvalue weighted by molar-refractivity contribution is 7.73. The Morgan fingerprint density at radius 1 is 1.77 bits per heavy atom. The number of carbonyl (C=O) groups excluding carboxylic acids is 1. The zero-order valence-corrected chi connectivity index (χ0v) is 9.37. The van der Waals surface area contributed by atoms with E-state index in [-0.39, 0.29) is 12.0 Å². The molecule has 0 aromatic carbocycles. The molecule has 0 amide bonds. The van der Waals surface area contributed by atoms with Crippen LogP contribution in [0.4, 0.5) is 0 Å². The van der Waals surface area contributed by atoms with Crippen LogP contribution in [0.25, 0.3) is 0 Å². The monoisotopic (exact) mass is 217 g/mol. The van der Waals surface area contributed by atoms with Crippen molar-refractivity contribution < 1.29 is 9.53 Å². The van der Waals surface area contributed by atoms with Gasteiger partial charge in [0.15, 0.2) is 3.95 Å². The molecule has 0 N–H and O–H groups in total. The van der Waals surface area contributed by atoms with E-state index in [1.54, 1.807) is 11.5 Å². The molecule has 1 atom stereocenters. The highest BCUT2D eigenvalue weighted by Gasteiger charge is 2.17. The zero-order chi connectivity index (χ0) is 10.0. The Balaban J connectivity index is 3.07. The van der Waals surface area contributed by atoms with E-state index < -0.39 is 0 Å². The Bertz CT molecular complexity index is 366. The fourth-order valence-corrected chi connectivity index (χ4v) is 2.38. The summed E-state index contributed by atoms with van der Waals surface area (Å²) in [6.45, 7) is 3.70. The summed E-state index contributed by atoms with van der Waals surface area (Å²) in [4.78, 5) is 11.2. The smallest absolute Gasteiger partial charge is 0.328 e. The molecule has 0 aliphatic rings. The van der Waals surface area contributed by atoms with Crippen LogP contribution in [0.1, 0.15) is 18.7 Å². The first-order valence-corrected chi connectivity index (χ1v) is 5.11. The van der Waals surface area contributed by atoms with Gasteiger partial charge in [0.25, 0.3) is 0 Å². The summed E-state index contributed by atoms with van der Waals surface area (Å²) >= 11 is 6.55. The number of aryl methyl sites for hydroxylation is 1. The van der Waals surface area contributed by atoms with Gasteiger partial charge in [0, 0.05) is 11.1 Å². The Kier molecular flexibility index (Phi) is 3.22. The number of nitrogens with zero attached hydrogens (tertiary/aromatic N) is 1. The Morgan fingerprint density at radius 3 is 2.77 bits per heavy atom. The molecule has 0 radical (unpaired) electrons. The van der Waals surface area contributed by atoms with Crippen LogP contribution in [0, 0.1) is 10.9 Å². The second-order valence-corrected chi connectivity index (χ2v) is 4.22. The Hall–Kier alpha value is -0.680. The summed E-state index contributed by atoms with van der Waals surface area (Å²) in [7, 11) is 1.38. The van der Waals surface area contributed by atoms with Crippen molar-refractivity contribution in [3.05, 3.63) is 15.0 Å². The number of methoxy groups -OCH3 is 1. The minimum atomic E-state index is -0.330. The number of hydrogen-bond acceptors (Lipinski definition) is 4. The molecule has 0 aliphatic carbocycles. The van der Waals surface area contributed by atoms with Crippen LogP contribution in [-0.4, -0.2) is 17.6 Å². The lowest BCUT2D eigenvalue weighted by Gasteiger charge is -2.12. The van der Waals surface area contributed by atoms with Gasteiger partial charge in [0.1, 0.15) is 6.04 Å². The van der Waals surface area contributed by atoms with Gasteiger partial charge >= 0.3 is 5.97 Å². The molecule has 3 nitrogen and oxygen atoms in total. The lowest BCUT2D eigenvalue weighted by Crippen LogP contribution is -2.18. The van der Waals surface area contributed by atoms with E-state index in [2.05, 4.69) is 4.74 Å². The molecule has 1 heterocycles. The largest absolute Gasteiger partial charge is 0.467 e. The van der Waals surface area contributed by atoms with Crippen molar-refractivity contribution in [3.63, 3.8) is 0 Å². The first-order chi connectivity index (χ1) is 6.07. The lowest BCUT2D eigenvalue weighted by molar-refractivity contribution is -0.144. The van der Waals surface area contributed by atoms with Crippen molar-refractivity contribution in [3.8, 4) is 0 Å². The molecule has 0 saturated heterocycles. The summed E-state index contributed by atoms with van der Waals surface area (Å²) in [6.07, 6.45) is 0. The summed E-state index contributed by atoms with van der Waals surface area (Å²) in [5.41, 5.74) is 0.993. The van der Waals surface area contributed by atoms with E-state index in [4.69, 9.17) is 12.2 Å². The van der Waals surface area contributed by atoms with Gasteiger partial charge in [-0.25, -0.2) is 4.79 Å². The molecular weight excluding hydrogens is 206 g/mol. The highest BCUT2D eigenvalue weighted by Crippen LogP contribution is 2.17. The van der Waals surface area contributed by atoms with E-state index >= 15 is 0 Å². The van der Waals surface area contributed by atoms with Crippen LogP contribution >= 0.6 is 23.6 Å². The van der Waals surface area contributed by atoms with Crippen LogP contribution in [0.15, 0.2) is 5.38 Å². The fraction of sp³-hybridized carbons (Fsp3) is 0.500. The van der Waals surface area contributed by atoms with Crippen molar-refractivity contribution in [2.45, 2.75) is 19.9 Å². The van der Waals surface area contributed by atoms with Gasteiger partial charge in [0.05, 0.1) is 7.11 Å². The molecule has 13 heavy (non-hydrogen) atoms. The summed E-state index contributed by atoms with van der Waals surface area (Å²) < 4.78 is 7.15. The molecule has 1 aromatic heterocycles. The van der Waals surface area contributed by atoms with Crippen LogP contribution in [0.2, 0.25) is 0 Å². The van der Waals surface area contributed by atoms with Crippen molar-refractivity contribution >= 4 is 29.5 Å². The van der Waals surface area contributed by atoms with Crippen LogP contribution in [0.3, 0.4) is 0 Å². The number of esters is 1. The maximum Gasteiger partial charge on any atom is 0.328 e.